The van der Waals surface area contributed by atoms with Crippen LogP contribution in [0.2, 0.25) is 5.02 Å². The van der Waals surface area contributed by atoms with Crippen LogP contribution in [0.4, 0.5) is 5.69 Å². The van der Waals surface area contributed by atoms with Crippen LogP contribution < -0.4 is 10.6 Å². The first-order chi connectivity index (χ1) is 7.25. The third-order valence-corrected chi connectivity index (χ3v) is 3.06. The third kappa shape index (κ3) is 2.83. The molecular formula is C11H16ClN3. The summed E-state index contributed by atoms with van der Waals surface area (Å²) in [5.74, 6) is 0. The molecule has 82 valence electrons. The molecular weight excluding hydrogens is 210 g/mol. The highest BCUT2D eigenvalue weighted by Crippen LogP contribution is 2.22. The van der Waals surface area contributed by atoms with Crippen LogP contribution in [0.1, 0.15) is 19.8 Å². The Morgan fingerprint density at radius 3 is 3.20 bits per heavy atom. The van der Waals surface area contributed by atoms with Crippen molar-refractivity contribution in [3.05, 3.63) is 23.5 Å². The minimum atomic E-state index is 0.515. The largest absolute Gasteiger partial charge is 0.381 e. The van der Waals surface area contributed by atoms with Gasteiger partial charge in [0.05, 0.1) is 10.7 Å². The zero-order valence-electron chi connectivity index (χ0n) is 8.83. The monoisotopic (exact) mass is 225 g/mol. The second kappa shape index (κ2) is 4.81. The number of aromatic nitrogens is 1. The number of pyridine rings is 1. The summed E-state index contributed by atoms with van der Waals surface area (Å²) in [6, 6.07) is 3.02. The lowest BCUT2D eigenvalue weighted by atomic mass is 10.0. The van der Waals surface area contributed by atoms with E-state index >= 15 is 0 Å². The van der Waals surface area contributed by atoms with Gasteiger partial charge in [-0.3, -0.25) is 4.98 Å². The van der Waals surface area contributed by atoms with Crippen molar-refractivity contribution >= 4 is 17.3 Å². The van der Waals surface area contributed by atoms with Crippen molar-refractivity contribution in [1.29, 1.82) is 0 Å². The fraction of sp³-hybridized carbons (Fsp3) is 0.545. The molecule has 2 atom stereocenters. The van der Waals surface area contributed by atoms with Crippen LogP contribution in [-0.4, -0.2) is 23.6 Å². The number of rotatable bonds is 2. The Morgan fingerprint density at radius 2 is 2.47 bits per heavy atom. The molecule has 1 fully saturated rings. The standard InChI is InChI=1S/C11H16ClN3/c1-8-6-9(2-5-14-8)15-11-3-4-13-7-10(11)12/h3-4,7-9,14H,2,5-6H2,1H3,(H,13,15). The fourth-order valence-corrected chi connectivity index (χ4v) is 2.15. The summed E-state index contributed by atoms with van der Waals surface area (Å²) in [5, 5.41) is 7.59. The maximum Gasteiger partial charge on any atom is 0.0820 e. The van der Waals surface area contributed by atoms with E-state index < -0.39 is 0 Å². The Kier molecular flexibility index (Phi) is 3.44. The van der Waals surface area contributed by atoms with E-state index in [1.807, 2.05) is 6.07 Å². The molecule has 1 aromatic rings. The van der Waals surface area contributed by atoms with Crippen molar-refractivity contribution in [1.82, 2.24) is 10.3 Å². The average molecular weight is 226 g/mol. The summed E-state index contributed by atoms with van der Waals surface area (Å²) in [7, 11) is 0. The van der Waals surface area contributed by atoms with Gasteiger partial charge in [0.1, 0.15) is 0 Å². The molecule has 3 nitrogen and oxygen atoms in total. The summed E-state index contributed by atoms with van der Waals surface area (Å²) >= 11 is 6.04. The van der Waals surface area contributed by atoms with E-state index in [0.717, 1.165) is 25.1 Å². The third-order valence-electron chi connectivity index (χ3n) is 2.76. The first kappa shape index (κ1) is 10.7. The number of anilines is 1. The van der Waals surface area contributed by atoms with Crippen LogP contribution in [0.5, 0.6) is 0 Å². The highest BCUT2D eigenvalue weighted by Gasteiger charge is 2.18. The Hall–Kier alpha value is -0.800. The van der Waals surface area contributed by atoms with E-state index in [9.17, 15) is 0 Å². The second-order valence-electron chi connectivity index (χ2n) is 4.08. The molecule has 2 N–H and O–H groups in total. The minimum Gasteiger partial charge on any atom is -0.381 e. The highest BCUT2D eigenvalue weighted by molar-refractivity contribution is 6.33. The zero-order chi connectivity index (χ0) is 10.7. The first-order valence-electron chi connectivity index (χ1n) is 5.35. The van der Waals surface area contributed by atoms with Crippen LogP contribution >= 0.6 is 11.6 Å². The molecule has 4 heteroatoms. The topological polar surface area (TPSA) is 37.0 Å². The molecule has 0 spiro atoms. The van der Waals surface area contributed by atoms with Gasteiger partial charge in [0.25, 0.3) is 0 Å². The molecule has 0 bridgehead atoms. The van der Waals surface area contributed by atoms with Crippen LogP contribution in [-0.2, 0) is 0 Å². The summed E-state index contributed by atoms with van der Waals surface area (Å²) in [5.41, 5.74) is 0.991. The van der Waals surface area contributed by atoms with E-state index in [4.69, 9.17) is 11.6 Å². The molecule has 0 saturated carbocycles. The Bertz CT molecular complexity index is 329. The number of hydrogen-bond acceptors (Lipinski definition) is 3. The van der Waals surface area contributed by atoms with Crippen molar-refractivity contribution in [2.24, 2.45) is 0 Å². The van der Waals surface area contributed by atoms with Gasteiger partial charge in [-0.15, -0.1) is 0 Å². The zero-order valence-corrected chi connectivity index (χ0v) is 9.59. The molecule has 1 aliphatic rings. The molecule has 15 heavy (non-hydrogen) atoms. The van der Waals surface area contributed by atoms with Crippen LogP contribution in [0.15, 0.2) is 18.5 Å². The van der Waals surface area contributed by atoms with Gasteiger partial charge in [-0.2, -0.15) is 0 Å². The molecule has 1 aromatic heterocycles. The predicted octanol–water partition coefficient (Wildman–Crippen LogP) is 2.29. The Morgan fingerprint density at radius 1 is 1.60 bits per heavy atom. The number of halogens is 1. The number of hydrogen-bond donors (Lipinski definition) is 2. The van der Waals surface area contributed by atoms with Crippen LogP contribution in [0.3, 0.4) is 0 Å². The molecule has 1 aliphatic heterocycles. The van der Waals surface area contributed by atoms with Crippen molar-refractivity contribution < 1.29 is 0 Å². The van der Waals surface area contributed by atoms with Gasteiger partial charge >= 0.3 is 0 Å². The number of nitrogens with one attached hydrogen (secondary N) is 2. The van der Waals surface area contributed by atoms with E-state index in [-0.39, 0.29) is 0 Å². The fourth-order valence-electron chi connectivity index (χ4n) is 1.98. The molecule has 2 heterocycles. The van der Waals surface area contributed by atoms with E-state index in [1.165, 1.54) is 0 Å². The second-order valence-corrected chi connectivity index (χ2v) is 4.48. The SMILES string of the molecule is CC1CC(Nc2ccncc2Cl)CCN1. The summed E-state index contributed by atoms with van der Waals surface area (Å²) in [6.45, 7) is 3.28. The summed E-state index contributed by atoms with van der Waals surface area (Å²) in [4.78, 5) is 3.97. The van der Waals surface area contributed by atoms with E-state index in [1.54, 1.807) is 12.4 Å². The van der Waals surface area contributed by atoms with Gasteiger partial charge in [-0.05, 0) is 32.4 Å². The lowest BCUT2D eigenvalue weighted by molar-refractivity contribution is 0.396. The lowest BCUT2D eigenvalue weighted by Crippen LogP contribution is -2.41. The van der Waals surface area contributed by atoms with Gasteiger partial charge in [-0.25, -0.2) is 0 Å². The van der Waals surface area contributed by atoms with Gasteiger partial charge < -0.3 is 10.6 Å². The number of nitrogens with zero attached hydrogens (tertiary/aromatic N) is 1. The summed E-state index contributed by atoms with van der Waals surface area (Å²) < 4.78 is 0. The Labute approximate surface area is 95.2 Å². The summed E-state index contributed by atoms with van der Waals surface area (Å²) in [6.07, 6.45) is 5.72. The van der Waals surface area contributed by atoms with Crippen molar-refractivity contribution in [3.8, 4) is 0 Å². The van der Waals surface area contributed by atoms with E-state index in [0.29, 0.717) is 17.1 Å². The van der Waals surface area contributed by atoms with E-state index in [2.05, 4.69) is 22.5 Å². The minimum absolute atomic E-state index is 0.515. The molecule has 0 aromatic carbocycles. The predicted molar refractivity (Wildman–Crippen MR) is 63.4 cm³/mol. The normalized spacial score (nSPS) is 26.3. The molecule has 0 aliphatic carbocycles. The van der Waals surface area contributed by atoms with Crippen molar-refractivity contribution in [3.63, 3.8) is 0 Å². The molecule has 2 rings (SSSR count). The van der Waals surface area contributed by atoms with Gasteiger partial charge in [-0.1, -0.05) is 11.6 Å². The van der Waals surface area contributed by atoms with Gasteiger partial charge in [0.2, 0.25) is 0 Å². The lowest BCUT2D eigenvalue weighted by Gasteiger charge is -2.29. The van der Waals surface area contributed by atoms with Crippen molar-refractivity contribution in [2.45, 2.75) is 31.8 Å². The maximum atomic E-state index is 6.04. The van der Waals surface area contributed by atoms with Gasteiger partial charge in [0.15, 0.2) is 0 Å². The van der Waals surface area contributed by atoms with Crippen molar-refractivity contribution in [2.75, 3.05) is 11.9 Å². The smallest absolute Gasteiger partial charge is 0.0820 e. The molecule has 2 unspecified atom stereocenters. The quantitative estimate of drug-likeness (QED) is 0.811. The highest BCUT2D eigenvalue weighted by atomic mass is 35.5. The van der Waals surface area contributed by atoms with Gasteiger partial charge in [0, 0.05) is 24.5 Å². The first-order valence-corrected chi connectivity index (χ1v) is 5.73. The molecule has 0 amide bonds. The number of piperidine rings is 1. The molecule has 1 saturated heterocycles. The molecule has 0 radical (unpaired) electrons. The Balaban J connectivity index is 1.99. The van der Waals surface area contributed by atoms with Crippen LogP contribution in [0.25, 0.3) is 0 Å². The van der Waals surface area contributed by atoms with Crippen LogP contribution in [0, 0.1) is 0 Å². The average Bonchev–Trinajstić information content (AvgIpc) is 2.22. The maximum absolute atomic E-state index is 6.04.